The van der Waals surface area contributed by atoms with Gasteiger partial charge in [0.25, 0.3) is 5.91 Å². The summed E-state index contributed by atoms with van der Waals surface area (Å²) in [6.45, 7) is 4.97. The number of aliphatic hydroxyl groups excluding tert-OH is 1. The summed E-state index contributed by atoms with van der Waals surface area (Å²) in [6, 6.07) is 6.06. The van der Waals surface area contributed by atoms with Gasteiger partial charge in [-0.05, 0) is 44.0 Å². The lowest BCUT2D eigenvalue weighted by Crippen LogP contribution is -2.46. The maximum Gasteiger partial charge on any atom is 0.325 e. The van der Waals surface area contributed by atoms with Crippen LogP contribution in [0.2, 0.25) is 0 Å². The van der Waals surface area contributed by atoms with Crippen LogP contribution in [0.15, 0.2) is 24.3 Å². The van der Waals surface area contributed by atoms with Gasteiger partial charge in [-0.15, -0.1) is 0 Å². The Kier molecular flexibility index (Phi) is 5.79. The number of urea groups is 1. The number of amides is 3. The number of nitrogens with zero attached hydrogens (tertiary/aromatic N) is 1. The minimum Gasteiger partial charge on any atom is -0.491 e. The van der Waals surface area contributed by atoms with Crippen LogP contribution in [0.5, 0.6) is 5.75 Å². The van der Waals surface area contributed by atoms with E-state index in [1.165, 1.54) is 6.92 Å². The molecule has 2 rings (SSSR count). The molecule has 0 aromatic heterocycles. The zero-order valence-corrected chi connectivity index (χ0v) is 14.7. The van der Waals surface area contributed by atoms with Crippen molar-refractivity contribution in [2.24, 2.45) is 0 Å². The van der Waals surface area contributed by atoms with Gasteiger partial charge in [-0.2, -0.15) is 0 Å². The van der Waals surface area contributed by atoms with Crippen LogP contribution in [0, 0.1) is 0 Å². The standard InChI is InChI=1S/C18H24N2O5/c1-4-18(5-2)16(23)20(17(24)19-18)10-14(22)11-25-15-8-6-13(7-9-15)12(3)21/h6-9,14,22H,4-5,10-11H2,1-3H3,(H,19,24)/t14-/m1/s1. The van der Waals surface area contributed by atoms with E-state index in [4.69, 9.17) is 4.74 Å². The minimum atomic E-state index is -1.01. The number of nitrogens with one attached hydrogen (secondary N) is 1. The third kappa shape index (κ3) is 3.99. The van der Waals surface area contributed by atoms with E-state index < -0.39 is 17.7 Å². The number of β-amino-alcohol motifs (C(OH)–C–C–N with tert-alkyl or cyclic N) is 1. The molecule has 0 unspecified atom stereocenters. The topological polar surface area (TPSA) is 95.9 Å². The van der Waals surface area contributed by atoms with Gasteiger partial charge in [0.2, 0.25) is 0 Å². The van der Waals surface area contributed by atoms with Gasteiger partial charge in [0, 0.05) is 5.56 Å². The highest BCUT2D eigenvalue weighted by Gasteiger charge is 2.48. The average Bonchev–Trinajstić information content (AvgIpc) is 2.85. The zero-order chi connectivity index (χ0) is 18.6. The van der Waals surface area contributed by atoms with Gasteiger partial charge < -0.3 is 15.2 Å². The van der Waals surface area contributed by atoms with E-state index in [1.54, 1.807) is 24.3 Å². The molecule has 1 aromatic rings. The molecule has 0 bridgehead atoms. The van der Waals surface area contributed by atoms with Crippen LogP contribution >= 0.6 is 0 Å². The van der Waals surface area contributed by atoms with Gasteiger partial charge in [0.15, 0.2) is 5.78 Å². The lowest BCUT2D eigenvalue weighted by Gasteiger charge is -2.24. The number of benzene rings is 1. The molecule has 1 aromatic carbocycles. The Morgan fingerprint density at radius 2 is 1.84 bits per heavy atom. The summed E-state index contributed by atoms with van der Waals surface area (Å²) in [6.07, 6.45) is -0.00835. The molecule has 136 valence electrons. The third-order valence-corrected chi connectivity index (χ3v) is 4.55. The molecular weight excluding hydrogens is 324 g/mol. The average molecular weight is 348 g/mol. The number of ketones is 1. The van der Waals surface area contributed by atoms with Crippen molar-refractivity contribution in [2.45, 2.75) is 45.3 Å². The molecule has 0 radical (unpaired) electrons. The summed E-state index contributed by atoms with van der Waals surface area (Å²) in [7, 11) is 0. The molecule has 3 amide bonds. The van der Waals surface area contributed by atoms with Crippen LogP contribution in [-0.2, 0) is 4.79 Å². The van der Waals surface area contributed by atoms with Gasteiger partial charge in [-0.1, -0.05) is 13.8 Å². The first-order valence-corrected chi connectivity index (χ1v) is 8.39. The summed E-state index contributed by atoms with van der Waals surface area (Å²) in [5.41, 5.74) is -0.303. The number of rotatable bonds is 8. The smallest absolute Gasteiger partial charge is 0.325 e. The summed E-state index contributed by atoms with van der Waals surface area (Å²) in [5.74, 6) is 0.144. The monoisotopic (exact) mass is 348 g/mol. The van der Waals surface area contributed by atoms with Crippen LogP contribution in [0.3, 0.4) is 0 Å². The number of imide groups is 1. The van der Waals surface area contributed by atoms with Crippen molar-refractivity contribution in [1.29, 1.82) is 0 Å². The van der Waals surface area contributed by atoms with E-state index in [0.29, 0.717) is 24.2 Å². The highest BCUT2D eigenvalue weighted by atomic mass is 16.5. The second-order valence-corrected chi connectivity index (χ2v) is 6.18. The fourth-order valence-corrected chi connectivity index (χ4v) is 2.81. The van der Waals surface area contributed by atoms with Gasteiger partial charge in [0.05, 0.1) is 6.54 Å². The van der Waals surface area contributed by atoms with Gasteiger partial charge in [-0.25, -0.2) is 4.79 Å². The first-order valence-electron chi connectivity index (χ1n) is 8.39. The summed E-state index contributed by atoms with van der Waals surface area (Å²) in [5, 5.41) is 12.8. The maximum atomic E-state index is 12.5. The van der Waals surface area contributed by atoms with E-state index in [-0.39, 0.29) is 24.8 Å². The van der Waals surface area contributed by atoms with Crippen molar-refractivity contribution in [3.63, 3.8) is 0 Å². The van der Waals surface area contributed by atoms with Crippen molar-refractivity contribution in [3.8, 4) is 5.75 Å². The molecule has 1 aliphatic heterocycles. The molecule has 2 N–H and O–H groups in total. The third-order valence-electron chi connectivity index (χ3n) is 4.55. The van der Waals surface area contributed by atoms with E-state index >= 15 is 0 Å². The fourth-order valence-electron chi connectivity index (χ4n) is 2.81. The second kappa shape index (κ2) is 7.65. The Balaban J connectivity index is 1.92. The zero-order valence-electron chi connectivity index (χ0n) is 14.7. The minimum absolute atomic E-state index is 0.0412. The van der Waals surface area contributed by atoms with Crippen LogP contribution < -0.4 is 10.1 Å². The first-order chi connectivity index (χ1) is 11.8. The van der Waals surface area contributed by atoms with E-state index in [1.807, 2.05) is 13.8 Å². The molecule has 1 saturated heterocycles. The molecule has 7 heteroatoms. The van der Waals surface area contributed by atoms with Crippen molar-refractivity contribution in [1.82, 2.24) is 10.2 Å². The number of hydrogen-bond acceptors (Lipinski definition) is 5. The number of hydrogen-bond donors (Lipinski definition) is 2. The molecule has 1 atom stereocenters. The van der Waals surface area contributed by atoms with Crippen molar-refractivity contribution < 1.29 is 24.2 Å². The van der Waals surface area contributed by atoms with Crippen LogP contribution in [-0.4, -0.2) is 52.5 Å². The highest BCUT2D eigenvalue weighted by molar-refractivity contribution is 6.07. The lowest BCUT2D eigenvalue weighted by atomic mass is 9.93. The molecule has 1 heterocycles. The number of ether oxygens (including phenoxy) is 1. The summed E-state index contributed by atoms with van der Waals surface area (Å²) < 4.78 is 5.46. The van der Waals surface area contributed by atoms with Gasteiger partial charge in [0.1, 0.15) is 24.0 Å². The Bertz CT molecular complexity index is 652. The van der Waals surface area contributed by atoms with E-state index in [0.717, 1.165) is 4.90 Å². The number of aliphatic hydroxyl groups is 1. The quantitative estimate of drug-likeness (QED) is 0.551. The van der Waals surface area contributed by atoms with Crippen molar-refractivity contribution in [2.75, 3.05) is 13.2 Å². The van der Waals surface area contributed by atoms with Gasteiger partial charge >= 0.3 is 6.03 Å². The first kappa shape index (κ1) is 18.9. The van der Waals surface area contributed by atoms with Crippen molar-refractivity contribution >= 4 is 17.7 Å². The maximum absolute atomic E-state index is 12.5. The number of carbonyl (C=O) groups excluding carboxylic acids is 3. The Labute approximate surface area is 147 Å². The molecule has 0 saturated carbocycles. The van der Waals surface area contributed by atoms with Crippen molar-refractivity contribution in [3.05, 3.63) is 29.8 Å². The summed E-state index contributed by atoms with van der Waals surface area (Å²) in [4.78, 5) is 36.8. The molecular formula is C18H24N2O5. The molecule has 1 fully saturated rings. The molecule has 0 spiro atoms. The normalized spacial score (nSPS) is 17.4. The fraction of sp³-hybridized carbons (Fsp3) is 0.500. The Morgan fingerprint density at radius 3 is 2.32 bits per heavy atom. The Morgan fingerprint density at radius 1 is 1.24 bits per heavy atom. The number of Topliss-reactive ketones (excluding diaryl/α,β-unsaturated/α-hetero) is 1. The van der Waals surface area contributed by atoms with E-state index in [2.05, 4.69) is 5.32 Å². The van der Waals surface area contributed by atoms with Crippen LogP contribution in [0.4, 0.5) is 4.79 Å². The van der Waals surface area contributed by atoms with Gasteiger partial charge in [-0.3, -0.25) is 14.5 Å². The second-order valence-electron chi connectivity index (χ2n) is 6.18. The summed E-state index contributed by atoms with van der Waals surface area (Å²) >= 11 is 0. The predicted molar refractivity (Wildman–Crippen MR) is 91.5 cm³/mol. The van der Waals surface area contributed by atoms with E-state index in [9.17, 15) is 19.5 Å². The SMILES string of the molecule is CCC1(CC)NC(=O)N(C[C@@H](O)COc2ccc(C(C)=O)cc2)C1=O. The number of carbonyl (C=O) groups is 3. The highest BCUT2D eigenvalue weighted by Crippen LogP contribution is 2.25. The molecule has 0 aliphatic carbocycles. The largest absolute Gasteiger partial charge is 0.491 e. The van der Waals surface area contributed by atoms with Crippen LogP contribution in [0.1, 0.15) is 44.0 Å². The Hall–Kier alpha value is -2.41. The lowest BCUT2D eigenvalue weighted by molar-refractivity contribution is -0.132. The van der Waals surface area contributed by atoms with Crippen LogP contribution in [0.25, 0.3) is 0 Å². The molecule has 7 nitrogen and oxygen atoms in total. The molecule has 25 heavy (non-hydrogen) atoms. The molecule has 1 aliphatic rings. The predicted octanol–water partition coefficient (Wildman–Crippen LogP) is 1.74.